The molecule has 0 aromatic carbocycles. The van der Waals surface area contributed by atoms with E-state index in [0.29, 0.717) is 57.2 Å². The summed E-state index contributed by atoms with van der Waals surface area (Å²) in [7, 11) is 0. The van der Waals surface area contributed by atoms with Crippen molar-refractivity contribution in [2.75, 3.05) is 45.8 Å². The van der Waals surface area contributed by atoms with Crippen molar-refractivity contribution in [3.63, 3.8) is 0 Å². The maximum atomic E-state index is 11.9. The first-order valence-electron chi connectivity index (χ1n) is 9.45. The number of hydrogen-bond acceptors (Lipinski definition) is 9. The maximum Gasteiger partial charge on any atom is 0.346 e. The minimum atomic E-state index is -0.620. The molecule has 0 aliphatic carbocycles. The van der Waals surface area contributed by atoms with Crippen LogP contribution in [0.4, 0.5) is 0 Å². The van der Waals surface area contributed by atoms with Crippen LogP contribution in [-0.2, 0) is 33.6 Å². The molecule has 28 heavy (non-hydrogen) atoms. The molecule has 0 N–H and O–H groups in total. The summed E-state index contributed by atoms with van der Waals surface area (Å²) in [6.07, 6.45) is 1.32. The third-order valence-electron chi connectivity index (χ3n) is 4.89. The molecule has 0 bridgehead atoms. The highest BCUT2D eigenvalue weighted by Gasteiger charge is 2.33. The van der Waals surface area contributed by atoms with Gasteiger partial charge >= 0.3 is 11.9 Å². The fourth-order valence-corrected chi connectivity index (χ4v) is 3.28. The van der Waals surface area contributed by atoms with Gasteiger partial charge in [0.1, 0.15) is 0 Å². The van der Waals surface area contributed by atoms with Crippen LogP contribution >= 0.6 is 0 Å². The van der Waals surface area contributed by atoms with Gasteiger partial charge in [-0.2, -0.15) is 5.06 Å². The van der Waals surface area contributed by atoms with Gasteiger partial charge in [0, 0.05) is 52.0 Å². The van der Waals surface area contributed by atoms with E-state index in [9.17, 15) is 24.0 Å². The molecular formula is C17H24N4O7. The lowest BCUT2D eigenvalue weighted by atomic mass is 10.3. The summed E-state index contributed by atoms with van der Waals surface area (Å²) in [4.78, 5) is 72.0. The smallest absolute Gasteiger partial charge is 0.337 e. The van der Waals surface area contributed by atoms with Gasteiger partial charge in [0.25, 0.3) is 17.7 Å². The summed E-state index contributed by atoms with van der Waals surface area (Å²) in [5, 5.41) is 1.68. The number of nitrogens with zero attached hydrogens (tertiary/aromatic N) is 4. The van der Waals surface area contributed by atoms with Gasteiger partial charge in [0.2, 0.25) is 0 Å². The summed E-state index contributed by atoms with van der Waals surface area (Å²) in [5.41, 5.74) is 0. The van der Waals surface area contributed by atoms with Crippen molar-refractivity contribution in [2.45, 2.75) is 32.1 Å². The van der Waals surface area contributed by atoms with Crippen LogP contribution in [0.15, 0.2) is 0 Å². The number of piperazine rings is 1. The monoisotopic (exact) mass is 396 g/mol. The highest BCUT2D eigenvalue weighted by molar-refractivity contribution is 6.01. The van der Waals surface area contributed by atoms with Crippen molar-refractivity contribution in [2.24, 2.45) is 0 Å². The Balaban J connectivity index is 1.31. The Morgan fingerprint density at radius 2 is 1.39 bits per heavy atom. The Morgan fingerprint density at radius 1 is 0.750 bits per heavy atom. The molecule has 3 heterocycles. The lowest BCUT2D eigenvalue weighted by Gasteiger charge is -2.34. The molecular weight excluding hydrogens is 372 g/mol. The fraction of sp³-hybridized carbons (Fsp3) is 0.706. The lowest BCUT2D eigenvalue weighted by molar-refractivity contribution is -0.197. The molecule has 0 radical (unpaired) electrons. The first-order chi connectivity index (χ1) is 13.4. The predicted octanol–water partition coefficient (Wildman–Crippen LogP) is -1.32. The van der Waals surface area contributed by atoms with Crippen LogP contribution in [0, 0.1) is 0 Å². The molecule has 0 spiro atoms. The quantitative estimate of drug-likeness (QED) is 0.483. The van der Waals surface area contributed by atoms with Gasteiger partial charge in [0.05, 0.1) is 19.5 Å². The first kappa shape index (κ1) is 20.2. The highest BCUT2D eigenvalue weighted by atomic mass is 16.7. The number of carbonyl (C=O) groups is 5. The van der Waals surface area contributed by atoms with Crippen molar-refractivity contribution in [1.29, 1.82) is 0 Å². The second-order valence-electron chi connectivity index (χ2n) is 6.98. The molecule has 0 saturated carbocycles. The molecule has 3 aliphatic heterocycles. The third-order valence-corrected chi connectivity index (χ3v) is 4.89. The van der Waals surface area contributed by atoms with Crippen LogP contribution in [0.25, 0.3) is 0 Å². The zero-order valence-electron chi connectivity index (χ0n) is 15.6. The predicted molar refractivity (Wildman–Crippen MR) is 91.7 cm³/mol. The molecule has 0 aromatic heterocycles. The SMILES string of the molecule is O=C(CN1CCN(CCC(=O)ON2C(=O)CCC2=O)CC1)ON1CCCC1=O. The maximum absolute atomic E-state index is 11.9. The van der Waals surface area contributed by atoms with Crippen molar-refractivity contribution in [3.05, 3.63) is 0 Å². The summed E-state index contributed by atoms with van der Waals surface area (Å²) in [6, 6.07) is 0. The summed E-state index contributed by atoms with van der Waals surface area (Å²) in [6.45, 7) is 3.56. The van der Waals surface area contributed by atoms with E-state index in [1.807, 2.05) is 9.80 Å². The Kier molecular flexibility index (Phi) is 6.57. The lowest BCUT2D eigenvalue weighted by Crippen LogP contribution is -2.49. The summed E-state index contributed by atoms with van der Waals surface area (Å²) in [5.74, 6) is -2.22. The van der Waals surface area contributed by atoms with Crippen molar-refractivity contribution < 1.29 is 33.6 Å². The van der Waals surface area contributed by atoms with Gasteiger partial charge in [-0.25, -0.2) is 9.59 Å². The van der Waals surface area contributed by atoms with Crippen molar-refractivity contribution in [3.8, 4) is 0 Å². The molecule has 3 aliphatic rings. The zero-order chi connectivity index (χ0) is 20.1. The Labute approximate surface area is 162 Å². The largest absolute Gasteiger partial charge is 0.346 e. The molecule has 0 unspecified atom stereocenters. The zero-order valence-corrected chi connectivity index (χ0v) is 15.6. The third kappa shape index (κ3) is 5.26. The van der Waals surface area contributed by atoms with Gasteiger partial charge in [-0.3, -0.25) is 19.3 Å². The minimum absolute atomic E-state index is 0.0656. The van der Waals surface area contributed by atoms with E-state index in [2.05, 4.69) is 0 Å². The summed E-state index contributed by atoms with van der Waals surface area (Å²) >= 11 is 0. The number of rotatable bonds is 7. The Bertz CT molecular complexity index is 644. The molecule has 3 saturated heterocycles. The van der Waals surface area contributed by atoms with Gasteiger partial charge in [-0.05, 0) is 6.42 Å². The van der Waals surface area contributed by atoms with Crippen molar-refractivity contribution >= 4 is 29.7 Å². The van der Waals surface area contributed by atoms with E-state index < -0.39 is 23.8 Å². The van der Waals surface area contributed by atoms with E-state index >= 15 is 0 Å². The molecule has 3 amide bonds. The highest BCUT2D eigenvalue weighted by Crippen LogP contribution is 2.13. The molecule has 11 heteroatoms. The van der Waals surface area contributed by atoms with Crippen LogP contribution in [0.2, 0.25) is 0 Å². The van der Waals surface area contributed by atoms with E-state index in [-0.39, 0.29) is 31.7 Å². The Hall–Kier alpha value is -2.53. The number of amides is 3. The number of carbonyl (C=O) groups excluding carboxylic acids is 5. The standard InChI is InChI=1S/C17H24N4O7/c22-13-2-1-6-20(13)27-17(26)12-19-10-8-18(9-11-19)7-5-16(25)28-21-14(23)3-4-15(21)24/h1-12H2. The van der Waals surface area contributed by atoms with E-state index in [1.165, 1.54) is 0 Å². The van der Waals surface area contributed by atoms with Crippen LogP contribution in [-0.4, -0.2) is 95.4 Å². The van der Waals surface area contributed by atoms with Gasteiger partial charge in [-0.15, -0.1) is 5.06 Å². The molecule has 0 atom stereocenters. The molecule has 0 aromatic rings. The van der Waals surface area contributed by atoms with Crippen LogP contribution in [0.1, 0.15) is 32.1 Å². The summed E-state index contributed by atoms with van der Waals surface area (Å²) < 4.78 is 0. The van der Waals surface area contributed by atoms with Crippen LogP contribution in [0.3, 0.4) is 0 Å². The normalized spacial score (nSPS) is 21.5. The van der Waals surface area contributed by atoms with Gasteiger partial charge in [0.15, 0.2) is 0 Å². The second kappa shape index (κ2) is 9.11. The van der Waals surface area contributed by atoms with Crippen LogP contribution < -0.4 is 0 Å². The molecule has 11 nitrogen and oxygen atoms in total. The van der Waals surface area contributed by atoms with E-state index in [0.717, 1.165) is 5.06 Å². The molecule has 3 fully saturated rings. The average Bonchev–Trinajstić information content (AvgIpc) is 3.21. The fourth-order valence-electron chi connectivity index (χ4n) is 3.28. The Morgan fingerprint density at radius 3 is 2.00 bits per heavy atom. The first-order valence-corrected chi connectivity index (χ1v) is 9.45. The van der Waals surface area contributed by atoms with Crippen molar-refractivity contribution in [1.82, 2.24) is 19.9 Å². The topological polar surface area (TPSA) is 117 Å². The van der Waals surface area contributed by atoms with Crippen LogP contribution in [0.5, 0.6) is 0 Å². The number of hydroxylamine groups is 4. The second-order valence-corrected chi connectivity index (χ2v) is 6.98. The van der Waals surface area contributed by atoms with Gasteiger partial charge in [-0.1, -0.05) is 0 Å². The molecule has 154 valence electrons. The van der Waals surface area contributed by atoms with E-state index in [1.54, 1.807) is 0 Å². The number of imide groups is 1. The van der Waals surface area contributed by atoms with E-state index in [4.69, 9.17) is 9.68 Å². The molecule has 3 rings (SSSR count). The minimum Gasteiger partial charge on any atom is -0.337 e. The number of hydrogen-bond donors (Lipinski definition) is 0. The average molecular weight is 396 g/mol. The van der Waals surface area contributed by atoms with Gasteiger partial charge < -0.3 is 14.6 Å².